The van der Waals surface area contributed by atoms with Crippen LogP contribution in [0.1, 0.15) is 44.6 Å². The van der Waals surface area contributed by atoms with Crippen LogP contribution in [-0.4, -0.2) is 68.8 Å². The quantitative estimate of drug-likeness (QED) is 0.552. The van der Waals surface area contributed by atoms with Crippen LogP contribution in [0.5, 0.6) is 0 Å². The number of rotatable bonds is 7. The SMILES string of the molecule is CC(=O)N[C@@H]1CC[C@@H](NC(=O)Nc2nnn(C)n2)[C@H](CN2CCC[C@@H](Cc3ccc(F)cc3)C2)C1. The maximum absolute atomic E-state index is 13.3. The van der Waals surface area contributed by atoms with Crippen molar-refractivity contribution in [2.75, 3.05) is 25.0 Å². The smallest absolute Gasteiger partial charge is 0.321 e. The van der Waals surface area contributed by atoms with E-state index in [9.17, 15) is 14.0 Å². The first kappa shape index (κ1) is 25.0. The molecule has 0 radical (unpaired) electrons. The van der Waals surface area contributed by atoms with Gasteiger partial charge in [-0.05, 0) is 79.8 Å². The molecule has 35 heavy (non-hydrogen) atoms. The van der Waals surface area contributed by atoms with Crippen LogP contribution in [-0.2, 0) is 18.3 Å². The first-order chi connectivity index (χ1) is 16.8. The second kappa shape index (κ2) is 11.6. The third-order valence-corrected chi connectivity index (χ3v) is 6.97. The summed E-state index contributed by atoms with van der Waals surface area (Å²) in [5.41, 5.74) is 1.16. The molecule has 0 bridgehead atoms. The topological polar surface area (TPSA) is 117 Å². The van der Waals surface area contributed by atoms with Crippen LogP contribution in [0, 0.1) is 17.7 Å². The molecular formula is C24H35FN8O2. The number of halogens is 1. The van der Waals surface area contributed by atoms with E-state index in [0.29, 0.717) is 5.92 Å². The summed E-state index contributed by atoms with van der Waals surface area (Å²) in [7, 11) is 1.64. The molecule has 2 fully saturated rings. The minimum Gasteiger partial charge on any atom is -0.354 e. The summed E-state index contributed by atoms with van der Waals surface area (Å²) in [5, 5.41) is 20.4. The zero-order chi connectivity index (χ0) is 24.8. The van der Waals surface area contributed by atoms with Crippen molar-refractivity contribution in [3.63, 3.8) is 0 Å². The van der Waals surface area contributed by atoms with Crippen molar-refractivity contribution < 1.29 is 14.0 Å². The van der Waals surface area contributed by atoms with Gasteiger partial charge in [-0.25, -0.2) is 9.18 Å². The van der Waals surface area contributed by atoms with Crippen LogP contribution in [0.25, 0.3) is 0 Å². The minimum absolute atomic E-state index is 0.0193. The van der Waals surface area contributed by atoms with Gasteiger partial charge in [0.25, 0.3) is 5.95 Å². The van der Waals surface area contributed by atoms with E-state index in [1.807, 2.05) is 12.1 Å². The number of amides is 3. The molecule has 10 nitrogen and oxygen atoms in total. The van der Waals surface area contributed by atoms with Gasteiger partial charge >= 0.3 is 6.03 Å². The van der Waals surface area contributed by atoms with Gasteiger partial charge in [-0.1, -0.05) is 17.2 Å². The number of nitrogens with zero attached hydrogens (tertiary/aromatic N) is 5. The van der Waals surface area contributed by atoms with Crippen LogP contribution >= 0.6 is 0 Å². The van der Waals surface area contributed by atoms with Crippen molar-refractivity contribution in [2.45, 2.75) is 57.5 Å². The molecule has 1 saturated heterocycles. The number of aromatic nitrogens is 4. The van der Waals surface area contributed by atoms with Gasteiger partial charge < -0.3 is 15.5 Å². The highest BCUT2D eigenvalue weighted by molar-refractivity contribution is 5.87. The molecule has 1 aromatic heterocycles. The molecule has 4 rings (SSSR count). The number of urea groups is 1. The van der Waals surface area contributed by atoms with Crippen molar-refractivity contribution >= 4 is 17.9 Å². The summed E-state index contributed by atoms with van der Waals surface area (Å²) < 4.78 is 13.3. The number of piperidine rings is 1. The fraction of sp³-hybridized carbons (Fsp3) is 0.625. The summed E-state index contributed by atoms with van der Waals surface area (Å²) in [6.07, 6.45) is 5.62. The minimum atomic E-state index is -0.348. The Morgan fingerprint density at radius 2 is 1.94 bits per heavy atom. The lowest BCUT2D eigenvalue weighted by atomic mass is 9.80. The molecule has 0 unspecified atom stereocenters. The van der Waals surface area contributed by atoms with Crippen molar-refractivity contribution in [2.24, 2.45) is 18.9 Å². The molecule has 0 spiro atoms. The largest absolute Gasteiger partial charge is 0.354 e. The zero-order valence-corrected chi connectivity index (χ0v) is 20.4. The van der Waals surface area contributed by atoms with Crippen molar-refractivity contribution in [3.05, 3.63) is 35.6 Å². The molecule has 2 aliphatic rings. The number of hydrogen-bond donors (Lipinski definition) is 3. The van der Waals surface area contributed by atoms with Crippen molar-refractivity contribution in [3.8, 4) is 0 Å². The molecule has 1 saturated carbocycles. The van der Waals surface area contributed by atoms with E-state index in [2.05, 4.69) is 36.3 Å². The number of aryl methyl sites for hydroxylation is 1. The molecule has 1 aliphatic heterocycles. The lowest BCUT2D eigenvalue weighted by molar-refractivity contribution is -0.120. The highest BCUT2D eigenvalue weighted by atomic mass is 19.1. The maximum atomic E-state index is 13.3. The fourth-order valence-corrected chi connectivity index (χ4v) is 5.48. The Labute approximate surface area is 205 Å². The second-order valence-electron chi connectivity index (χ2n) is 9.88. The van der Waals surface area contributed by atoms with Gasteiger partial charge in [-0.2, -0.15) is 4.80 Å². The number of nitrogens with one attached hydrogen (secondary N) is 3. The van der Waals surface area contributed by atoms with E-state index in [0.717, 1.165) is 63.7 Å². The molecule has 2 aromatic rings. The van der Waals surface area contributed by atoms with E-state index >= 15 is 0 Å². The van der Waals surface area contributed by atoms with E-state index in [1.54, 1.807) is 14.0 Å². The zero-order valence-electron chi connectivity index (χ0n) is 20.4. The first-order valence-corrected chi connectivity index (χ1v) is 12.4. The Hall–Kier alpha value is -3.08. The number of tetrazole rings is 1. The van der Waals surface area contributed by atoms with Crippen LogP contribution in [0.4, 0.5) is 15.1 Å². The van der Waals surface area contributed by atoms with Gasteiger partial charge in [-0.15, -0.1) is 5.10 Å². The monoisotopic (exact) mass is 486 g/mol. The Morgan fingerprint density at radius 3 is 2.66 bits per heavy atom. The number of likely N-dealkylation sites (tertiary alicyclic amines) is 1. The Bertz CT molecular complexity index is 998. The van der Waals surface area contributed by atoms with Gasteiger partial charge in [-0.3, -0.25) is 10.1 Å². The number of carbonyl (C=O) groups is 2. The lowest BCUT2D eigenvalue weighted by Gasteiger charge is -2.41. The van der Waals surface area contributed by atoms with E-state index < -0.39 is 0 Å². The van der Waals surface area contributed by atoms with Crippen LogP contribution in [0.3, 0.4) is 0 Å². The molecule has 4 atom stereocenters. The molecule has 3 amide bonds. The number of carbonyl (C=O) groups excluding carboxylic acids is 2. The number of hydrogen-bond acceptors (Lipinski definition) is 6. The summed E-state index contributed by atoms with van der Waals surface area (Å²) >= 11 is 0. The van der Waals surface area contributed by atoms with Crippen LogP contribution in [0.2, 0.25) is 0 Å². The van der Waals surface area contributed by atoms with Gasteiger partial charge in [0.15, 0.2) is 0 Å². The molecule has 1 aromatic carbocycles. The first-order valence-electron chi connectivity index (χ1n) is 12.4. The summed E-state index contributed by atoms with van der Waals surface area (Å²) in [6.45, 7) is 4.39. The van der Waals surface area contributed by atoms with Crippen molar-refractivity contribution in [1.29, 1.82) is 0 Å². The second-order valence-corrected chi connectivity index (χ2v) is 9.88. The highest BCUT2D eigenvalue weighted by Gasteiger charge is 2.34. The van der Waals surface area contributed by atoms with Gasteiger partial charge in [0.1, 0.15) is 5.82 Å². The van der Waals surface area contributed by atoms with Gasteiger partial charge in [0.2, 0.25) is 5.91 Å². The maximum Gasteiger partial charge on any atom is 0.321 e. The third kappa shape index (κ3) is 7.45. The van der Waals surface area contributed by atoms with Crippen LogP contribution in [0.15, 0.2) is 24.3 Å². The Kier molecular flexibility index (Phi) is 8.27. The lowest BCUT2D eigenvalue weighted by Crippen LogP contribution is -2.53. The average Bonchev–Trinajstić information content (AvgIpc) is 3.21. The summed E-state index contributed by atoms with van der Waals surface area (Å²) in [6, 6.07) is 6.54. The fourth-order valence-electron chi connectivity index (χ4n) is 5.48. The molecule has 190 valence electrons. The normalized spacial score (nSPS) is 25.1. The molecule has 1 aliphatic carbocycles. The molecule has 11 heteroatoms. The number of anilines is 1. The van der Waals surface area contributed by atoms with E-state index in [4.69, 9.17) is 0 Å². The average molecular weight is 487 g/mol. The standard InChI is InChI=1S/C24H35FN8O2/c1-16(34)26-21-9-10-22(27-24(35)28-23-29-31-32(2)30-23)19(13-21)15-33-11-3-4-18(14-33)12-17-5-7-20(25)8-6-17/h5-8,18-19,21-22H,3-4,9-15H2,1-2H3,(H,26,34)(H2,27,28,30,35)/t18-,19-,21+,22+/m0/s1. The molecular weight excluding hydrogens is 451 g/mol. The molecule has 3 N–H and O–H groups in total. The summed E-state index contributed by atoms with van der Waals surface area (Å²) in [4.78, 5) is 28.1. The van der Waals surface area contributed by atoms with Crippen LogP contribution < -0.4 is 16.0 Å². The molecule has 2 heterocycles. The van der Waals surface area contributed by atoms with Gasteiger partial charge in [0, 0.05) is 32.1 Å². The third-order valence-electron chi connectivity index (χ3n) is 6.97. The highest BCUT2D eigenvalue weighted by Crippen LogP contribution is 2.29. The number of benzene rings is 1. The Morgan fingerprint density at radius 1 is 1.14 bits per heavy atom. The Balaban J connectivity index is 1.36. The van der Waals surface area contributed by atoms with Gasteiger partial charge in [0.05, 0.1) is 7.05 Å². The van der Waals surface area contributed by atoms with Crippen molar-refractivity contribution in [1.82, 2.24) is 35.7 Å². The van der Waals surface area contributed by atoms with E-state index in [-0.39, 0.29) is 41.7 Å². The predicted molar refractivity (Wildman–Crippen MR) is 129 cm³/mol. The summed E-state index contributed by atoms with van der Waals surface area (Å²) in [5.74, 6) is 0.645. The van der Waals surface area contributed by atoms with E-state index in [1.165, 1.54) is 16.9 Å². The predicted octanol–water partition coefficient (Wildman–Crippen LogP) is 2.10.